The molecule has 5 nitrogen and oxygen atoms in total. The van der Waals surface area contributed by atoms with E-state index in [9.17, 15) is 17.2 Å². The van der Waals surface area contributed by atoms with Crippen LogP contribution in [0.1, 0.15) is 11.3 Å². The Morgan fingerprint density at radius 1 is 1.19 bits per heavy atom. The molecule has 0 spiro atoms. The number of hydrogen-bond donors (Lipinski definition) is 2. The highest BCUT2D eigenvalue weighted by molar-refractivity contribution is 7.89. The average Bonchev–Trinajstić information content (AvgIpc) is 2.46. The SMILES string of the molecule is O=S(=O)(NCc1ccccn1)c1ccc(F)c(CO)c1F. The van der Waals surface area contributed by atoms with E-state index >= 15 is 0 Å². The van der Waals surface area contributed by atoms with Crippen LogP contribution in [0.4, 0.5) is 8.78 Å². The first-order valence-electron chi connectivity index (χ1n) is 5.93. The number of aliphatic hydroxyl groups is 1. The van der Waals surface area contributed by atoms with E-state index < -0.39 is 38.7 Å². The van der Waals surface area contributed by atoms with Crippen molar-refractivity contribution in [2.45, 2.75) is 18.0 Å². The third-order valence-electron chi connectivity index (χ3n) is 2.77. The summed E-state index contributed by atoms with van der Waals surface area (Å²) in [5.74, 6) is -2.30. The Morgan fingerprint density at radius 2 is 1.95 bits per heavy atom. The maximum atomic E-state index is 13.9. The molecular formula is C13H12F2N2O3S. The van der Waals surface area contributed by atoms with Crippen molar-refractivity contribution in [2.24, 2.45) is 0 Å². The predicted molar refractivity (Wildman–Crippen MR) is 70.5 cm³/mol. The minimum Gasteiger partial charge on any atom is -0.391 e. The second-order valence-corrected chi connectivity index (χ2v) is 5.88. The molecule has 0 bridgehead atoms. The van der Waals surface area contributed by atoms with Crippen molar-refractivity contribution >= 4 is 10.0 Å². The third kappa shape index (κ3) is 3.41. The maximum Gasteiger partial charge on any atom is 0.243 e. The van der Waals surface area contributed by atoms with Gasteiger partial charge in [0.15, 0.2) is 5.82 Å². The summed E-state index contributed by atoms with van der Waals surface area (Å²) in [4.78, 5) is 3.21. The number of sulfonamides is 1. The van der Waals surface area contributed by atoms with Gasteiger partial charge in [0.25, 0.3) is 0 Å². The fourth-order valence-electron chi connectivity index (χ4n) is 1.68. The molecule has 0 aliphatic heterocycles. The van der Waals surface area contributed by atoms with E-state index in [4.69, 9.17) is 5.11 Å². The largest absolute Gasteiger partial charge is 0.391 e. The first kappa shape index (κ1) is 15.5. The predicted octanol–water partition coefficient (Wildman–Crippen LogP) is 1.33. The number of rotatable bonds is 5. The molecule has 1 aromatic heterocycles. The normalized spacial score (nSPS) is 11.6. The van der Waals surface area contributed by atoms with E-state index in [1.165, 1.54) is 6.20 Å². The molecule has 1 heterocycles. The lowest BCUT2D eigenvalue weighted by atomic mass is 10.2. The lowest BCUT2D eigenvalue weighted by Gasteiger charge is -2.10. The molecule has 0 radical (unpaired) electrons. The van der Waals surface area contributed by atoms with Gasteiger partial charge in [0.2, 0.25) is 10.0 Å². The first-order chi connectivity index (χ1) is 9.95. The van der Waals surface area contributed by atoms with Crippen LogP contribution in [-0.4, -0.2) is 18.5 Å². The van der Waals surface area contributed by atoms with Crippen molar-refractivity contribution in [3.8, 4) is 0 Å². The zero-order chi connectivity index (χ0) is 15.5. The van der Waals surface area contributed by atoms with Crippen molar-refractivity contribution < 1.29 is 22.3 Å². The molecule has 0 saturated heterocycles. The van der Waals surface area contributed by atoms with Gasteiger partial charge >= 0.3 is 0 Å². The summed E-state index contributed by atoms with van der Waals surface area (Å²) < 4.78 is 53.4. The number of nitrogens with zero attached hydrogens (tertiary/aromatic N) is 1. The molecule has 0 atom stereocenters. The van der Waals surface area contributed by atoms with Crippen molar-refractivity contribution in [3.05, 3.63) is 59.4 Å². The standard InChI is InChI=1S/C13H12F2N2O3S/c14-11-4-5-12(13(15)10(11)8-18)21(19,20)17-7-9-3-1-2-6-16-9/h1-6,17-18H,7-8H2. The molecule has 2 rings (SSSR count). The second kappa shape index (κ2) is 6.25. The molecule has 112 valence electrons. The number of nitrogens with one attached hydrogen (secondary N) is 1. The Morgan fingerprint density at radius 3 is 2.57 bits per heavy atom. The number of aromatic nitrogens is 1. The number of halogens is 2. The molecule has 2 aromatic rings. The van der Waals surface area contributed by atoms with E-state index in [0.29, 0.717) is 5.69 Å². The quantitative estimate of drug-likeness (QED) is 0.872. The summed E-state index contributed by atoms with van der Waals surface area (Å²) in [5.41, 5.74) is -0.235. The van der Waals surface area contributed by atoms with E-state index in [-0.39, 0.29) is 6.54 Å². The zero-order valence-corrected chi connectivity index (χ0v) is 11.6. The topological polar surface area (TPSA) is 79.3 Å². The fourth-order valence-corrected chi connectivity index (χ4v) is 2.78. The van der Waals surface area contributed by atoms with Gasteiger partial charge in [-0.15, -0.1) is 0 Å². The van der Waals surface area contributed by atoms with Crippen LogP contribution in [0.25, 0.3) is 0 Å². The summed E-state index contributed by atoms with van der Waals surface area (Å²) >= 11 is 0. The Labute approximate surface area is 120 Å². The molecule has 0 unspecified atom stereocenters. The summed E-state index contributed by atoms with van der Waals surface area (Å²) in [5, 5.41) is 8.89. The minimum absolute atomic E-state index is 0.131. The molecule has 8 heteroatoms. The third-order valence-corrected chi connectivity index (χ3v) is 4.19. The minimum atomic E-state index is -4.18. The maximum absolute atomic E-state index is 13.9. The highest BCUT2D eigenvalue weighted by Gasteiger charge is 2.23. The molecule has 0 amide bonds. The van der Waals surface area contributed by atoms with Crippen molar-refractivity contribution in [2.75, 3.05) is 0 Å². The van der Waals surface area contributed by atoms with Gasteiger partial charge in [0.05, 0.1) is 24.4 Å². The Hall–Kier alpha value is -1.90. The Kier molecular flexibility index (Phi) is 4.61. The molecule has 0 aliphatic carbocycles. The number of aliphatic hydroxyl groups excluding tert-OH is 1. The summed E-state index contributed by atoms with van der Waals surface area (Å²) in [6, 6.07) is 6.56. The molecule has 0 saturated carbocycles. The van der Waals surface area contributed by atoms with Crippen LogP contribution in [0.15, 0.2) is 41.4 Å². The summed E-state index contributed by atoms with van der Waals surface area (Å²) in [7, 11) is -4.18. The van der Waals surface area contributed by atoms with Gasteiger partial charge in [-0.2, -0.15) is 0 Å². The second-order valence-electron chi connectivity index (χ2n) is 4.14. The van der Waals surface area contributed by atoms with Gasteiger partial charge < -0.3 is 5.11 Å². The van der Waals surface area contributed by atoms with Crippen LogP contribution in [-0.2, 0) is 23.2 Å². The zero-order valence-electron chi connectivity index (χ0n) is 10.8. The Bertz CT molecular complexity index is 737. The molecular weight excluding hydrogens is 302 g/mol. The number of benzene rings is 1. The summed E-state index contributed by atoms with van der Waals surface area (Å²) in [6.45, 7) is -1.06. The van der Waals surface area contributed by atoms with Crippen LogP contribution >= 0.6 is 0 Å². The number of pyridine rings is 1. The van der Waals surface area contributed by atoms with Crippen LogP contribution in [0.3, 0.4) is 0 Å². The Balaban J connectivity index is 2.28. The van der Waals surface area contributed by atoms with E-state index in [0.717, 1.165) is 12.1 Å². The van der Waals surface area contributed by atoms with Gasteiger partial charge in [-0.25, -0.2) is 21.9 Å². The smallest absolute Gasteiger partial charge is 0.243 e. The van der Waals surface area contributed by atoms with E-state index in [1.807, 2.05) is 0 Å². The van der Waals surface area contributed by atoms with Crippen molar-refractivity contribution in [1.82, 2.24) is 9.71 Å². The van der Waals surface area contributed by atoms with E-state index in [1.54, 1.807) is 18.2 Å². The van der Waals surface area contributed by atoms with Gasteiger partial charge in [-0.05, 0) is 24.3 Å². The van der Waals surface area contributed by atoms with Crippen LogP contribution in [0.5, 0.6) is 0 Å². The van der Waals surface area contributed by atoms with Crippen molar-refractivity contribution in [3.63, 3.8) is 0 Å². The molecule has 21 heavy (non-hydrogen) atoms. The summed E-state index contributed by atoms with van der Waals surface area (Å²) in [6.07, 6.45) is 1.49. The van der Waals surface area contributed by atoms with Crippen LogP contribution in [0.2, 0.25) is 0 Å². The van der Waals surface area contributed by atoms with E-state index in [2.05, 4.69) is 9.71 Å². The highest BCUT2D eigenvalue weighted by atomic mass is 32.2. The lowest BCUT2D eigenvalue weighted by molar-refractivity contribution is 0.267. The molecule has 0 aliphatic rings. The molecule has 2 N–H and O–H groups in total. The van der Waals surface area contributed by atoms with Gasteiger partial charge in [0.1, 0.15) is 10.7 Å². The lowest BCUT2D eigenvalue weighted by Crippen LogP contribution is -2.25. The molecule has 1 aromatic carbocycles. The monoisotopic (exact) mass is 314 g/mol. The van der Waals surface area contributed by atoms with Crippen LogP contribution < -0.4 is 4.72 Å². The van der Waals surface area contributed by atoms with Gasteiger partial charge in [-0.1, -0.05) is 6.07 Å². The van der Waals surface area contributed by atoms with Gasteiger partial charge in [0, 0.05) is 6.20 Å². The fraction of sp³-hybridized carbons (Fsp3) is 0.154. The molecule has 0 fully saturated rings. The van der Waals surface area contributed by atoms with Crippen molar-refractivity contribution in [1.29, 1.82) is 0 Å². The highest BCUT2D eigenvalue weighted by Crippen LogP contribution is 2.21. The van der Waals surface area contributed by atoms with Gasteiger partial charge in [-0.3, -0.25) is 4.98 Å². The number of hydrogen-bond acceptors (Lipinski definition) is 4. The first-order valence-corrected chi connectivity index (χ1v) is 7.41. The average molecular weight is 314 g/mol. The van der Waals surface area contributed by atoms with Crippen LogP contribution in [0, 0.1) is 11.6 Å².